The molecule has 0 atom stereocenters. The van der Waals surface area contributed by atoms with Crippen LogP contribution in [0.5, 0.6) is 0 Å². The number of carbonyl (C=O) groups excluding carboxylic acids is 1. The molecule has 24 heavy (non-hydrogen) atoms. The summed E-state index contributed by atoms with van der Waals surface area (Å²) in [5.41, 5.74) is -0.153. The van der Waals surface area contributed by atoms with E-state index in [4.69, 9.17) is 4.74 Å². The molecule has 1 amide bonds. The van der Waals surface area contributed by atoms with Gasteiger partial charge in [-0.05, 0) is 39.7 Å². The van der Waals surface area contributed by atoms with Crippen molar-refractivity contribution in [2.45, 2.75) is 45.4 Å². The standard InChI is InChI=1S/C16H20F3N3O2/c1-15(2,3)24-14(23)22-6-4-11(5-7-22)8-12-9-21-13(10-20-12)16(17,18)19/h8-10H,4-7H2,1-3H3. The van der Waals surface area contributed by atoms with E-state index in [1.165, 1.54) is 0 Å². The molecule has 0 N–H and O–H groups in total. The highest BCUT2D eigenvalue weighted by Gasteiger charge is 2.32. The van der Waals surface area contributed by atoms with E-state index >= 15 is 0 Å². The van der Waals surface area contributed by atoms with Gasteiger partial charge in [-0.25, -0.2) is 9.78 Å². The average molecular weight is 343 g/mol. The highest BCUT2D eigenvalue weighted by atomic mass is 19.4. The van der Waals surface area contributed by atoms with Gasteiger partial charge in [0.25, 0.3) is 0 Å². The second-order valence-corrected chi connectivity index (χ2v) is 6.59. The molecule has 0 bridgehead atoms. The van der Waals surface area contributed by atoms with Gasteiger partial charge in [-0.15, -0.1) is 0 Å². The van der Waals surface area contributed by atoms with Crippen molar-refractivity contribution >= 4 is 12.2 Å². The maximum absolute atomic E-state index is 12.4. The lowest BCUT2D eigenvalue weighted by atomic mass is 10.0. The lowest BCUT2D eigenvalue weighted by Gasteiger charge is -2.31. The van der Waals surface area contributed by atoms with Crippen molar-refractivity contribution in [3.05, 3.63) is 29.4 Å². The largest absolute Gasteiger partial charge is 0.444 e. The first-order valence-electron chi connectivity index (χ1n) is 7.61. The minimum absolute atomic E-state index is 0.351. The van der Waals surface area contributed by atoms with Crippen LogP contribution in [0.15, 0.2) is 18.0 Å². The van der Waals surface area contributed by atoms with Crippen LogP contribution in [-0.2, 0) is 10.9 Å². The molecule has 1 aromatic heterocycles. The molecule has 5 nitrogen and oxygen atoms in total. The van der Waals surface area contributed by atoms with Crippen LogP contribution in [0.3, 0.4) is 0 Å². The second-order valence-electron chi connectivity index (χ2n) is 6.59. The number of rotatable bonds is 1. The number of hydrogen-bond donors (Lipinski definition) is 0. The van der Waals surface area contributed by atoms with Crippen LogP contribution in [0.2, 0.25) is 0 Å². The van der Waals surface area contributed by atoms with Crippen LogP contribution in [-0.4, -0.2) is 39.7 Å². The van der Waals surface area contributed by atoms with Crippen molar-refractivity contribution in [2.75, 3.05) is 13.1 Å². The summed E-state index contributed by atoms with van der Waals surface area (Å²) < 4.78 is 42.7. The smallest absolute Gasteiger partial charge is 0.434 e. The van der Waals surface area contributed by atoms with E-state index in [0.29, 0.717) is 31.6 Å². The Balaban J connectivity index is 1.94. The van der Waals surface area contributed by atoms with E-state index in [-0.39, 0.29) is 6.09 Å². The van der Waals surface area contributed by atoms with Crippen molar-refractivity contribution in [1.82, 2.24) is 14.9 Å². The summed E-state index contributed by atoms with van der Waals surface area (Å²) >= 11 is 0. The predicted molar refractivity (Wildman–Crippen MR) is 82.1 cm³/mol. The zero-order chi connectivity index (χ0) is 18.0. The van der Waals surface area contributed by atoms with Crippen LogP contribution in [0.4, 0.5) is 18.0 Å². The number of piperidine rings is 1. The molecule has 0 spiro atoms. The monoisotopic (exact) mass is 343 g/mol. The number of amides is 1. The molecule has 2 heterocycles. The number of ether oxygens (including phenoxy) is 1. The van der Waals surface area contributed by atoms with E-state index in [1.54, 1.807) is 11.0 Å². The SMILES string of the molecule is CC(C)(C)OC(=O)N1CCC(=Cc2cnc(C(F)(F)F)cn2)CC1. The molecule has 8 heteroatoms. The van der Waals surface area contributed by atoms with E-state index in [0.717, 1.165) is 18.0 Å². The zero-order valence-corrected chi connectivity index (χ0v) is 13.9. The number of likely N-dealkylation sites (tertiary alicyclic amines) is 1. The van der Waals surface area contributed by atoms with E-state index in [9.17, 15) is 18.0 Å². The van der Waals surface area contributed by atoms with Gasteiger partial charge in [0.1, 0.15) is 5.60 Å². The topological polar surface area (TPSA) is 55.3 Å². The van der Waals surface area contributed by atoms with Crippen molar-refractivity contribution in [3.63, 3.8) is 0 Å². The molecule has 1 fully saturated rings. The van der Waals surface area contributed by atoms with Crippen molar-refractivity contribution in [2.24, 2.45) is 0 Å². The average Bonchev–Trinajstić information content (AvgIpc) is 2.46. The van der Waals surface area contributed by atoms with Crippen LogP contribution < -0.4 is 0 Å². The molecule has 0 aromatic carbocycles. The summed E-state index contributed by atoms with van der Waals surface area (Å²) in [6.45, 7) is 6.44. The summed E-state index contributed by atoms with van der Waals surface area (Å²) in [6, 6.07) is 0. The van der Waals surface area contributed by atoms with Gasteiger partial charge >= 0.3 is 12.3 Å². The van der Waals surface area contributed by atoms with Gasteiger partial charge in [-0.1, -0.05) is 5.57 Å². The van der Waals surface area contributed by atoms with E-state index in [1.807, 2.05) is 20.8 Å². The number of hydrogen-bond acceptors (Lipinski definition) is 4. The fraction of sp³-hybridized carbons (Fsp3) is 0.562. The fourth-order valence-corrected chi connectivity index (χ4v) is 2.22. The zero-order valence-electron chi connectivity index (χ0n) is 13.9. The predicted octanol–water partition coefficient (Wildman–Crippen LogP) is 3.91. The minimum atomic E-state index is -4.49. The third-order valence-electron chi connectivity index (χ3n) is 3.37. The summed E-state index contributed by atoms with van der Waals surface area (Å²) in [7, 11) is 0. The third kappa shape index (κ3) is 5.21. The normalized spacial score (nSPS) is 16.1. The molecule has 1 aromatic rings. The van der Waals surface area contributed by atoms with Gasteiger partial charge in [0.15, 0.2) is 5.69 Å². The third-order valence-corrected chi connectivity index (χ3v) is 3.37. The Hall–Kier alpha value is -2.12. The molecule has 132 valence electrons. The quantitative estimate of drug-likeness (QED) is 0.776. The number of alkyl halides is 3. The Morgan fingerprint density at radius 1 is 1.17 bits per heavy atom. The molecular weight excluding hydrogens is 323 g/mol. The van der Waals surface area contributed by atoms with Crippen molar-refractivity contribution in [3.8, 4) is 0 Å². The second kappa shape index (κ2) is 6.78. The summed E-state index contributed by atoms with van der Waals surface area (Å²) in [5, 5.41) is 0. The van der Waals surface area contributed by atoms with Gasteiger partial charge < -0.3 is 9.64 Å². The Kier molecular flexibility index (Phi) is 5.15. The minimum Gasteiger partial charge on any atom is -0.444 e. The Labute approximate surface area is 138 Å². The first-order chi connectivity index (χ1) is 11.0. The van der Waals surface area contributed by atoms with E-state index < -0.39 is 17.5 Å². The van der Waals surface area contributed by atoms with E-state index in [2.05, 4.69) is 9.97 Å². The highest BCUT2D eigenvalue weighted by molar-refractivity contribution is 5.68. The number of nitrogens with zero attached hydrogens (tertiary/aromatic N) is 3. The number of aromatic nitrogens is 2. The van der Waals surface area contributed by atoms with Gasteiger partial charge in [0.2, 0.25) is 0 Å². The molecule has 0 radical (unpaired) electrons. The van der Waals surface area contributed by atoms with Gasteiger partial charge in [-0.3, -0.25) is 4.98 Å². The Morgan fingerprint density at radius 3 is 2.25 bits per heavy atom. The number of carbonyl (C=O) groups is 1. The molecule has 1 aliphatic rings. The molecule has 0 unspecified atom stereocenters. The molecule has 2 rings (SSSR count). The molecular formula is C16H20F3N3O2. The number of halogens is 3. The summed E-state index contributed by atoms with van der Waals surface area (Å²) in [4.78, 5) is 20.8. The van der Waals surface area contributed by atoms with Gasteiger partial charge in [0.05, 0.1) is 18.1 Å². The first-order valence-corrected chi connectivity index (χ1v) is 7.61. The van der Waals surface area contributed by atoms with Crippen molar-refractivity contribution in [1.29, 1.82) is 0 Å². The van der Waals surface area contributed by atoms with Crippen molar-refractivity contribution < 1.29 is 22.7 Å². The summed E-state index contributed by atoms with van der Waals surface area (Å²) in [6.07, 6.45) is -0.0324. The molecule has 0 saturated carbocycles. The maximum atomic E-state index is 12.4. The highest BCUT2D eigenvalue weighted by Crippen LogP contribution is 2.27. The van der Waals surface area contributed by atoms with Crippen LogP contribution in [0.25, 0.3) is 6.08 Å². The van der Waals surface area contributed by atoms with Crippen LogP contribution >= 0.6 is 0 Å². The Morgan fingerprint density at radius 2 is 1.79 bits per heavy atom. The molecule has 1 aliphatic heterocycles. The Bertz CT molecular complexity index is 609. The van der Waals surface area contributed by atoms with Crippen LogP contribution in [0.1, 0.15) is 45.0 Å². The van der Waals surface area contributed by atoms with Gasteiger partial charge in [-0.2, -0.15) is 13.2 Å². The maximum Gasteiger partial charge on any atom is 0.434 e. The first kappa shape index (κ1) is 18.2. The molecule has 1 saturated heterocycles. The molecule has 0 aliphatic carbocycles. The fourth-order valence-electron chi connectivity index (χ4n) is 2.22. The lowest BCUT2D eigenvalue weighted by molar-refractivity contribution is -0.141. The van der Waals surface area contributed by atoms with Gasteiger partial charge in [0, 0.05) is 13.1 Å². The lowest BCUT2D eigenvalue weighted by Crippen LogP contribution is -2.40. The van der Waals surface area contributed by atoms with Crippen LogP contribution in [0, 0.1) is 0 Å². The summed E-state index contributed by atoms with van der Waals surface area (Å²) in [5.74, 6) is 0.